The predicted molar refractivity (Wildman–Crippen MR) is 77.4 cm³/mol. The van der Waals surface area contributed by atoms with Crippen LogP contribution >= 0.6 is 11.3 Å². The van der Waals surface area contributed by atoms with Crippen LogP contribution in [0.1, 0.15) is 60.1 Å². The van der Waals surface area contributed by atoms with Crippen molar-refractivity contribution in [2.45, 2.75) is 45.6 Å². The minimum Gasteiger partial charge on any atom is -0.481 e. The number of rotatable bonds is 7. The molecule has 2 N–H and O–H groups in total. The van der Waals surface area contributed by atoms with Crippen LogP contribution in [0, 0.1) is 0 Å². The molecule has 0 spiro atoms. The molecule has 1 amide bonds. The SMILES string of the molecule is CCC(CC)(CC(=O)O)NC(=O)c1cc(C(C)=O)cs1. The number of carboxylic acid groups (broad SMARTS) is 1. The maximum Gasteiger partial charge on any atom is 0.305 e. The Bertz CT molecular complexity index is 517. The van der Waals surface area contributed by atoms with Gasteiger partial charge in [-0.15, -0.1) is 11.3 Å². The molecular weight excluding hydrogens is 278 g/mol. The Morgan fingerprint density at radius 1 is 1.30 bits per heavy atom. The minimum absolute atomic E-state index is 0.0944. The fourth-order valence-electron chi connectivity index (χ4n) is 1.95. The molecule has 0 radical (unpaired) electrons. The fourth-order valence-corrected chi connectivity index (χ4v) is 2.79. The van der Waals surface area contributed by atoms with E-state index in [1.165, 1.54) is 18.3 Å². The molecule has 0 aliphatic heterocycles. The van der Waals surface area contributed by atoms with Gasteiger partial charge in [0.1, 0.15) is 0 Å². The summed E-state index contributed by atoms with van der Waals surface area (Å²) >= 11 is 1.19. The van der Waals surface area contributed by atoms with Crippen LogP contribution in [0.2, 0.25) is 0 Å². The maximum atomic E-state index is 12.2. The van der Waals surface area contributed by atoms with Gasteiger partial charge in [0.25, 0.3) is 5.91 Å². The second-order valence-electron chi connectivity index (χ2n) is 4.77. The number of aliphatic carboxylic acids is 1. The van der Waals surface area contributed by atoms with Crippen LogP contribution in [0.25, 0.3) is 0 Å². The van der Waals surface area contributed by atoms with E-state index in [2.05, 4.69) is 5.32 Å². The average Bonchev–Trinajstić information content (AvgIpc) is 2.87. The molecule has 6 heteroatoms. The molecule has 0 saturated carbocycles. The first-order chi connectivity index (χ1) is 9.33. The van der Waals surface area contributed by atoms with Crippen LogP contribution in [0.3, 0.4) is 0 Å². The number of carboxylic acids is 1. The molecule has 0 atom stereocenters. The maximum absolute atomic E-state index is 12.2. The van der Waals surface area contributed by atoms with Crippen LogP contribution < -0.4 is 5.32 Å². The number of carbonyl (C=O) groups is 3. The third kappa shape index (κ3) is 3.90. The van der Waals surface area contributed by atoms with E-state index in [0.29, 0.717) is 23.3 Å². The van der Waals surface area contributed by atoms with Gasteiger partial charge in [0.15, 0.2) is 5.78 Å². The molecule has 1 aromatic heterocycles. The lowest BCUT2D eigenvalue weighted by Crippen LogP contribution is -2.48. The first kappa shape index (κ1) is 16.4. The highest BCUT2D eigenvalue weighted by atomic mass is 32.1. The van der Waals surface area contributed by atoms with Crippen LogP contribution in [-0.4, -0.2) is 28.3 Å². The van der Waals surface area contributed by atoms with Gasteiger partial charge in [-0.1, -0.05) is 13.8 Å². The van der Waals surface area contributed by atoms with Crippen molar-refractivity contribution in [1.29, 1.82) is 0 Å². The van der Waals surface area contributed by atoms with E-state index in [1.54, 1.807) is 11.4 Å². The van der Waals surface area contributed by atoms with Crippen LogP contribution in [0.5, 0.6) is 0 Å². The average molecular weight is 297 g/mol. The first-order valence-electron chi connectivity index (χ1n) is 6.47. The number of nitrogens with one attached hydrogen (secondary N) is 1. The summed E-state index contributed by atoms with van der Waals surface area (Å²) in [5.74, 6) is -1.36. The van der Waals surface area contributed by atoms with Crippen molar-refractivity contribution in [3.63, 3.8) is 0 Å². The molecule has 1 heterocycles. The second kappa shape index (κ2) is 6.65. The zero-order valence-corrected chi connectivity index (χ0v) is 12.7. The van der Waals surface area contributed by atoms with Gasteiger partial charge in [-0.3, -0.25) is 14.4 Å². The Morgan fingerprint density at radius 3 is 2.30 bits per heavy atom. The monoisotopic (exact) mass is 297 g/mol. The van der Waals surface area contributed by atoms with Gasteiger partial charge in [0.05, 0.1) is 16.8 Å². The molecule has 0 aromatic carbocycles. The lowest BCUT2D eigenvalue weighted by atomic mass is 9.89. The number of ketones is 1. The molecular formula is C14H19NO4S. The van der Waals surface area contributed by atoms with Crippen molar-refractivity contribution in [1.82, 2.24) is 5.32 Å². The molecule has 0 unspecified atom stereocenters. The lowest BCUT2D eigenvalue weighted by molar-refractivity contribution is -0.138. The molecule has 0 aliphatic rings. The third-order valence-corrected chi connectivity index (χ3v) is 4.38. The Morgan fingerprint density at radius 2 is 1.90 bits per heavy atom. The van der Waals surface area contributed by atoms with Crippen molar-refractivity contribution in [2.24, 2.45) is 0 Å². The van der Waals surface area contributed by atoms with Crippen molar-refractivity contribution >= 4 is 29.0 Å². The van der Waals surface area contributed by atoms with Crippen LogP contribution in [-0.2, 0) is 4.79 Å². The number of carbonyl (C=O) groups excluding carboxylic acids is 2. The van der Waals surface area contributed by atoms with Crippen LogP contribution in [0.15, 0.2) is 11.4 Å². The standard InChI is InChI=1S/C14H19NO4S/c1-4-14(5-2,7-12(17)18)15-13(19)11-6-10(8-20-11)9(3)16/h6,8H,4-5,7H2,1-3H3,(H,15,19)(H,17,18). The summed E-state index contributed by atoms with van der Waals surface area (Å²) in [5, 5.41) is 13.4. The van der Waals surface area contributed by atoms with Crippen molar-refractivity contribution < 1.29 is 19.5 Å². The molecule has 0 fully saturated rings. The molecule has 0 aliphatic carbocycles. The summed E-state index contributed by atoms with van der Waals surface area (Å²) in [6.07, 6.45) is 0.954. The third-order valence-electron chi connectivity index (χ3n) is 3.45. The second-order valence-corrected chi connectivity index (χ2v) is 5.68. The summed E-state index contributed by atoms with van der Waals surface area (Å²) in [4.78, 5) is 34.8. The topological polar surface area (TPSA) is 83.5 Å². The van der Waals surface area contributed by atoms with E-state index in [4.69, 9.17) is 5.11 Å². The van der Waals surface area contributed by atoms with Crippen molar-refractivity contribution in [2.75, 3.05) is 0 Å². The Hall–Kier alpha value is -1.69. The number of thiophene rings is 1. The van der Waals surface area contributed by atoms with Gasteiger partial charge >= 0.3 is 5.97 Å². The minimum atomic E-state index is -0.940. The van der Waals surface area contributed by atoms with Gasteiger partial charge in [-0.05, 0) is 25.8 Å². The summed E-state index contributed by atoms with van der Waals surface area (Å²) in [6.45, 7) is 5.14. The number of hydrogen-bond donors (Lipinski definition) is 2. The van der Waals surface area contributed by atoms with Gasteiger partial charge < -0.3 is 10.4 Å². The van der Waals surface area contributed by atoms with E-state index >= 15 is 0 Å². The first-order valence-corrected chi connectivity index (χ1v) is 7.35. The predicted octanol–water partition coefficient (Wildman–Crippen LogP) is 2.71. The molecule has 0 bridgehead atoms. The van der Waals surface area contributed by atoms with Crippen molar-refractivity contribution in [3.05, 3.63) is 21.9 Å². The number of hydrogen-bond acceptors (Lipinski definition) is 4. The highest BCUT2D eigenvalue weighted by molar-refractivity contribution is 7.12. The van der Waals surface area contributed by atoms with E-state index in [0.717, 1.165) is 0 Å². The zero-order valence-electron chi connectivity index (χ0n) is 11.9. The summed E-state index contributed by atoms with van der Waals surface area (Å²) in [5.41, 5.74) is -0.250. The molecule has 5 nitrogen and oxygen atoms in total. The Kier molecular flexibility index (Phi) is 5.44. The van der Waals surface area contributed by atoms with Crippen LogP contribution in [0.4, 0.5) is 0 Å². The van der Waals surface area contributed by atoms with Gasteiger partial charge in [0.2, 0.25) is 0 Å². The molecule has 110 valence electrons. The Labute approximate surface area is 122 Å². The molecule has 20 heavy (non-hydrogen) atoms. The quantitative estimate of drug-likeness (QED) is 0.758. The largest absolute Gasteiger partial charge is 0.481 e. The Balaban J connectivity index is 2.89. The van der Waals surface area contributed by atoms with Gasteiger partial charge in [-0.2, -0.15) is 0 Å². The van der Waals surface area contributed by atoms with E-state index in [1.807, 2.05) is 13.8 Å². The number of Topliss-reactive ketones (excluding diaryl/α,β-unsaturated/α-hetero) is 1. The molecule has 1 aromatic rings. The van der Waals surface area contributed by atoms with E-state index in [9.17, 15) is 14.4 Å². The lowest BCUT2D eigenvalue weighted by Gasteiger charge is -2.31. The van der Waals surface area contributed by atoms with E-state index in [-0.39, 0.29) is 18.1 Å². The highest BCUT2D eigenvalue weighted by Crippen LogP contribution is 2.22. The summed E-state index contributed by atoms with van der Waals surface area (Å²) in [7, 11) is 0. The summed E-state index contributed by atoms with van der Waals surface area (Å²) < 4.78 is 0. The van der Waals surface area contributed by atoms with Gasteiger partial charge in [0, 0.05) is 10.9 Å². The van der Waals surface area contributed by atoms with Gasteiger partial charge in [-0.25, -0.2) is 0 Å². The highest BCUT2D eigenvalue weighted by Gasteiger charge is 2.31. The van der Waals surface area contributed by atoms with Crippen molar-refractivity contribution in [3.8, 4) is 0 Å². The van der Waals surface area contributed by atoms with E-state index < -0.39 is 11.5 Å². The number of amides is 1. The summed E-state index contributed by atoms with van der Waals surface area (Å²) in [6, 6.07) is 1.54. The normalized spacial score (nSPS) is 11.2. The molecule has 1 rings (SSSR count). The smallest absolute Gasteiger partial charge is 0.305 e. The zero-order chi connectivity index (χ0) is 15.3. The molecule has 0 saturated heterocycles. The fraction of sp³-hybridized carbons (Fsp3) is 0.500.